The molecule has 0 aliphatic carbocycles. The van der Waals surface area contributed by atoms with Gasteiger partial charge in [-0.1, -0.05) is 35.5 Å². The second-order valence-corrected chi connectivity index (χ2v) is 8.54. The topological polar surface area (TPSA) is 127 Å². The molecule has 0 bridgehead atoms. The molecule has 2 aromatic carbocycles. The Labute approximate surface area is 215 Å². The maximum atomic E-state index is 12.4. The summed E-state index contributed by atoms with van der Waals surface area (Å²) < 4.78 is 6.62. The van der Waals surface area contributed by atoms with Crippen LogP contribution in [0.15, 0.2) is 82.4 Å². The lowest BCUT2D eigenvalue weighted by Gasteiger charge is -2.05. The summed E-state index contributed by atoms with van der Waals surface area (Å²) in [5.41, 5.74) is 4.72. The van der Waals surface area contributed by atoms with Crippen LogP contribution in [0, 0.1) is 0 Å². The summed E-state index contributed by atoms with van der Waals surface area (Å²) in [6.45, 7) is 0. The maximum absolute atomic E-state index is 12.4. The lowest BCUT2D eigenvalue weighted by Crippen LogP contribution is -2.19. The standard InChI is InChI=1S/C24H20ClN7O3S/c1-35-21-12-17(4-7-20(21)33)13-27-29-22(34)15-36-24-31-30-23(18-8-10-26-11-9-18)32(24)28-14-16-2-5-19(25)6-3-16/h2-14,33H,15H2,1H3,(H,29,34)/b27-13+,28-14?. The Kier molecular flexibility index (Phi) is 8.27. The molecule has 10 nitrogen and oxygen atoms in total. The van der Waals surface area contributed by atoms with E-state index < -0.39 is 0 Å². The molecule has 0 saturated carbocycles. The molecule has 0 atom stereocenters. The van der Waals surface area contributed by atoms with Crippen molar-refractivity contribution in [3.63, 3.8) is 0 Å². The quantitative estimate of drug-likeness (QED) is 0.195. The number of phenolic OH excluding ortho intramolecular Hbond substituents is 1. The van der Waals surface area contributed by atoms with E-state index in [-0.39, 0.29) is 17.4 Å². The molecule has 0 aliphatic rings. The number of hydrogen-bond acceptors (Lipinski definition) is 9. The van der Waals surface area contributed by atoms with Gasteiger partial charge in [-0.3, -0.25) is 9.78 Å². The third kappa shape index (κ3) is 6.46. The van der Waals surface area contributed by atoms with Gasteiger partial charge in [0.1, 0.15) is 0 Å². The van der Waals surface area contributed by atoms with E-state index in [1.54, 1.807) is 59.7 Å². The first-order chi connectivity index (χ1) is 17.5. The SMILES string of the molecule is COc1cc(/C=N/NC(=O)CSc2nnc(-c3ccncc3)n2N=Cc2ccc(Cl)cc2)ccc1O. The molecule has 0 unspecified atom stereocenters. The fraction of sp³-hybridized carbons (Fsp3) is 0.0833. The van der Waals surface area contributed by atoms with Gasteiger partial charge in [0.05, 0.1) is 25.3 Å². The summed E-state index contributed by atoms with van der Waals surface area (Å²) in [6.07, 6.45) is 6.41. The van der Waals surface area contributed by atoms with Crippen LogP contribution in [0.3, 0.4) is 0 Å². The van der Waals surface area contributed by atoms with E-state index in [9.17, 15) is 9.90 Å². The molecule has 4 aromatic rings. The highest BCUT2D eigenvalue weighted by molar-refractivity contribution is 7.99. The number of aromatic nitrogens is 4. The highest BCUT2D eigenvalue weighted by atomic mass is 35.5. The van der Waals surface area contributed by atoms with Gasteiger partial charge >= 0.3 is 0 Å². The van der Waals surface area contributed by atoms with Crippen LogP contribution in [-0.4, -0.2) is 56.2 Å². The third-order valence-corrected chi connectivity index (χ3v) is 5.85. The summed E-state index contributed by atoms with van der Waals surface area (Å²) in [5.74, 6) is 0.517. The number of aromatic hydroxyl groups is 1. The first-order valence-corrected chi connectivity index (χ1v) is 11.9. The Bertz CT molecular complexity index is 1390. The third-order valence-electron chi connectivity index (χ3n) is 4.68. The first kappa shape index (κ1) is 24.9. The van der Waals surface area contributed by atoms with Gasteiger partial charge in [-0.25, -0.2) is 5.43 Å². The van der Waals surface area contributed by atoms with Crippen molar-refractivity contribution in [2.24, 2.45) is 10.2 Å². The number of hydrogen-bond donors (Lipinski definition) is 2. The van der Waals surface area contributed by atoms with E-state index in [1.165, 1.54) is 19.4 Å². The Morgan fingerprint density at radius 1 is 1.11 bits per heavy atom. The fourth-order valence-electron chi connectivity index (χ4n) is 2.93. The minimum atomic E-state index is -0.344. The van der Waals surface area contributed by atoms with Gasteiger partial charge in [0.25, 0.3) is 5.91 Å². The molecule has 2 N–H and O–H groups in total. The number of pyridine rings is 1. The number of phenols is 1. The summed E-state index contributed by atoms with van der Waals surface area (Å²) >= 11 is 7.12. The molecule has 12 heteroatoms. The van der Waals surface area contributed by atoms with Crippen molar-refractivity contribution in [1.82, 2.24) is 25.3 Å². The highest BCUT2D eigenvalue weighted by Crippen LogP contribution is 2.26. The number of thioether (sulfide) groups is 1. The number of ether oxygens (including phenoxy) is 1. The van der Waals surface area contributed by atoms with E-state index >= 15 is 0 Å². The molecule has 2 aromatic heterocycles. The predicted molar refractivity (Wildman–Crippen MR) is 139 cm³/mol. The van der Waals surface area contributed by atoms with E-state index in [0.717, 1.165) is 22.9 Å². The average Bonchev–Trinajstić information content (AvgIpc) is 3.31. The van der Waals surface area contributed by atoms with E-state index in [2.05, 4.69) is 30.8 Å². The van der Waals surface area contributed by atoms with Gasteiger partial charge in [0, 0.05) is 23.0 Å². The van der Waals surface area contributed by atoms with E-state index in [0.29, 0.717) is 27.3 Å². The molecule has 182 valence electrons. The van der Waals surface area contributed by atoms with Crippen molar-refractivity contribution in [3.05, 3.63) is 83.1 Å². The Morgan fingerprint density at radius 2 is 1.86 bits per heavy atom. The zero-order valence-corrected chi connectivity index (χ0v) is 20.5. The number of amides is 1. The molecule has 1 amide bonds. The molecular formula is C24H20ClN7O3S. The second-order valence-electron chi connectivity index (χ2n) is 7.16. The lowest BCUT2D eigenvalue weighted by atomic mass is 10.2. The van der Waals surface area contributed by atoms with Crippen LogP contribution < -0.4 is 10.2 Å². The fourth-order valence-corrected chi connectivity index (χ4v) is 3.73. The number of hydrazone groups is 1. The van der Waals surface area contributed by atoms with Crippen LogP contribution in [0.5, 0.6) is 11.5 Å². The van der Waals surface area contributed by atoms with Crippen molar-refractivity contribution in [2.75, 3.05) is 12.9 Å². The van der Waals surface area contributed by atoms with Gasteiger partial charge in [0.2, 0.25) is 5.16 Å². The number of carbonyl (C=O) groups excluding carboxylic acids is 1. The minimum Gasteiger partial charge on any atom is -0.504 e. The van der Waals surface area contributed by atoms with Crippen molar-refractivity contribution < 1.29 is 14.6 Å². The van der Waals surface area contributed by atoms with Crippen LogP contribution in [0.2, 0.25) is 5.02 Å². The van der Waals surface area contributed by atoms with Crippen LogP contribution >= 0.6 is 23.4 Å². The number of nitrogens with one attached hydrogen (secondary N) is 1. The molecule has 0 radical (unpaired) electrons. The van der Waals surface area contributed by atoms with Crippen molar-refractivity contribution in [1.29, 1.82) is 0 Å². The van der Waals surface area contributed by atoms with Crippen molar-refractivity contribution >= 4 is 41.7 Å². The monoisotopic (exact) mass is 521 g/mol. The smallest absolute Gasteiger partial charge is 0.250 e. The first-order valence-electron chi connectivity index (χ1n) is 10.5. The van der Waals surface area contributed by atoms with Crippen LogP contribution in [-0.2, 0) is 4.79 Å². The maximum Gasteiger partial charge on any atom is 0.250 e. The molecule has 2 heterocycles. The van der Waals surface area contributed by atoms with Gasteiger partial charge in [-0.2, -0.15) is 14.9 Å². The zero-order chi connectivity index (χ0) is 25.3. The number of carbonyl (C=O) groups is 1. The van der Waals surface area contributed by atoms with Gasteiger partial charge in [-0.15, -0.1) is 10.2 Å². The zero-order valence-electron chi connectivity index (χ0n) is 18.9. The molecule has 0 saturated heterocycles. The van der Waals surface area contributed by atoms with Crippen LogP contribution in [0.1, 0.15) is 11.1 Å². The van der Waals surface area contributed by atoms with Crippen LogP contribution in [0.25, 0.3) is 11.4 Å². The average molecular weight is 522 g/mol. The number of benzene rings is 2. The lowest BCUT2D eigenvalue weighted by molar-refractivity contribution is -0.118. The van der Waals surface area contributed by atoms with Gasteiger partial charge in [0.15, 0.2) is 17.3 Å². The molecule has 4 rings (SSSR count). The molecule has 0 aliphatic heterocycles. The normalized spacial score (nSPS) is 11.3. The summed E-state index contributed by atoms with van der Waals surface area (Å²) in [7, 11) is 1.45. The van der Waals surface area contributed by atoms with E-state index in [4.69, 9.17) is 16.3 Å². The summed E-state index contributed by atoms with van der Waals surface area (Å²) in [6, 6.07) is 15.5. The minimum absolute atomic E-state index is 0.0176. The second kappa shape index (κ2) is 12.0. The number of halogens is 1. The Balaban J connectivity index is 1.46. The molecule has 0 spiro atoms. The van der Waals surface area contributed by atoms with Gasteiger partial charge < -0.3 is 9.84 Å². The Morgan fingerprint density at radius 3 is 2.61 bits per heavy atom. The van der Waals surface area contributed by atoms with E-state index in [1.807, 2.05) is 12.1 Å². The Hall–Kier alpha value is -4.22. The number of methoxy groups -OCH3 is 1. The number of rotatable bonds is 9. The predicted octanol–water partition coefficient (Wildman–Crippen LogP) is 3.83. The number of nitrogens with zero attached hydrogens (tertiary/aromatic N) is 6. The molecule has 36 heavy (non-hydrogen) atoms. The molecule has 0 fully saturated rings. The highest BCUT2D eigenvalue weighted by Gasteiger charge is 2.15. The summed E-state index contributed by atoms with van der Waals surface area (Å²) in [4.78, 5) is 16.4. The van der Waals surface area contributed by atoms with Crippen LogP contribution in [0.4, 0.5) is 0 Å². The van der Waals surface area contributed by atoms with Gasteiger partial charge in [-0.05, 0) is 53.6 Å². The van der Waals surface area contributed by atoms with Crippen molar-refractivity contribution in [2.45, 2.75) is 5.16 Å². The molecular weight excluding hydrogens is 502 g/mol. The largest absolute Gasteiger partial charge is 0.504 e. The summed E-state index contributed by atoms with van der Waals surface area (Å²) in [5, 5.41) is 27.7. The van der Waals surface area contributed by atoms with Crippen molar-refractivity contribution in [3.8, 4) is 22.9 Å².